The van der Waals surface area contributed by atoms with E-state index in [1.807, 2.05) is 37.3 Å². The van der Waals surface area contributed by atoms with Gasteiger partial charge in [0.25, 0.3) is 0 Å². The van der Waals surface area contributed by atoms with E-state index >= 15 is 0 Å². The van der Waals surface area contributed by atoms with Gasteiger partial charge in [0.1, 0.15) is 5.75 Å². The van der Waals surface area contributed by atoms with Crippen LogP contribution in [0.2, 0.25) is 0 Å². The highest BCUT2D eigenvalue weighted by Gasteiger charge is 2.17. The van der Waals surface area contributed by atoms with Crippen LogP contribution >= 0.6 is 0 Å². The van der Waals surface area contributed by atoms with Crippen LogP contribution in [-0.2, 0) is 10.2 Å². The molecule has 0 saturated carbocycles. The van der Waals surface area contributed by atoms with Crippen molar-refractivity contribution >= 4 is 17.3 Å². The van der Waals surface area contributed by atoms with E-state index in [-0.39, 0.29) is 11.3 Å². The van der Waals surface area contributed by atoms with Crippen molar-refractivity contribution in [1.82, 2.24) is 0 Å². The summed E-state index contributed by atoms with van der Waals surface area (Å²) in [4.78, 5) is 12.3. The number of carbonyl (C=O) groups excluding carboxylic acids is 1. The lowest BCUT2D eigenvalue weighted by Crippen LogP contribution is -2.19. The number of aryl methyl sites for hydroxylation is 1. The van der Waals surface area contributed by atoms with Crippen molar-refractivity contribution in [3.8, 4) is 5.75 Å². The number of para-hydroxylation sites is 1. The summed E-state index contributed by atoms with van der Waals surface area (Å²) >= 11 is 0. The lowest BCUT2D eigenvalue weighted by Gasteiger charge is -2.23. The maximum absolute atomic E-state index is 12.3. The second-order valence-electron chi connectivity index (χ2n) is 7.22. The van der Waals surface area contributed by atoms with E-state index in [4.69, 9.17) is 4.74 Å². The Bertz CT molecular complexity index is 733. The molecule has 0 aromatic heterocycles. The summed E-state index contributed by atoms with van der Waals surface area (Å²) in [5.41, 5.74) is 4.17. The molecule has 0 saturated heterocycles. The van der Waals surface area contributed by atoms with Crippen molar-refractivity contribution in [2.24, 2.45) is 0 Å². The van der Waals surface area contributed by atoms with Gasteiger partial charge < -0.3 is 15.4 Å². The average Bonchev–Trinajstić information content (AvgIpc) is 2.54. The Hall–Kier alpha value is -2.49. The van der Waals surface area contributed by atoms with Crippen LogP contribution in [0.25, 0.3) is 0 Å². The molecule has 4 heteroatoms. The molecule has 4 nitrogen and oxygen atoms in total. The van der Waals surface area contributed by atoms with E-state index in [9.17, 15) is 4.79 Å². The van der Waals surface area contributed by atoms with Crippen LogP contribution in [0.1, 0.15) is 38.3 Å². The smallest absolute Gasteiger partial charge is 0.226 e. The molecule has 1 amide bonds. The minimum Gasteiger partial charge on any atom is -0.495 e. The average molecular weight is 340 g/mol. The second-order valence-corrected chi connectivity index (χ2v) is 7.22. The van der Waals surface area contributed by atoms with E-state index < -0.39 is 0 Å². The molecule has 0 heterocycles. The molecule has 0 aliphatic carbocycles. The maximum Gasteiger partial charge on any atom is 0.226 e. The standard InChI is InChI=1S/C21H28N2O2/c1-15-10-11-19(25-5)18(14-15)23-20(24)12-13-22-17-9-7-6-8-16(17)21(2,3)4/h6-11,14,22H,12-13H2,1-5H3,(H,23,24). The van der Waals surface area contributed by atoms with E-state index in [0.717, 1.165) is 11.3 Å². The number of amides is 1. The van der Waals surface area contributed by atoms with Crippen molar-refractivity contribution < 1.29 is 9.53 Å². The summed E-state index contributed by atoms with van der Waals surface area (Å²) in [7, 11) is 1.60. The van der Waals surface area contributed by atoms with E-state index in [2.05, 4.69) is 43.5 Å². The SMILES string of the molecule is COc1ccc(C)cc1NC(=O)CCNc1ccccc1C(C)(C)C. The van der Waals surface area contributed by atoms with Crippen LogP contribution in [0.5, 0.6) is 5.75 Å². The summed E-state index contributed by atoms with van der Waals surface area (Å²) in [6.45, 7) is 9.12. The van der Waals surface area contributed by atoms with Crippen molar-refractivity contribution in [1.29, 1.82) is 0 Å². The zero-order chi connectivity index (χ0) is 18.4. The quantitative estimate of drug-likeness (QED) is 0.798. The highest BCUT2D eigenvalue weighted by atomic mass is 16.5. The summed E-state index contributed by atoms with van der Waals surface area (Å²) in [6.07, 6.45) is 0.384. The molecule has 0 spiro atoms. The van der Waals surface area contributed by atoms with Gasteiger partial charge in [0, 0.05) is 18.7 Å². The third-order valence-electron chi connectivity index (χ3n) is 4.03. The zero-order valence-electron chi connectivity index (χ0n) is 15.8. The first-order valence-corrected chi connectivity index (χ1v) is 8.59. The predicted octanol–water partition coefficient (Wildman–Crippen LogP) is 4.74. The lowest BCUT2D eigenvalue weighted by molar-refractivity contribution is -0.116. The molecular weight excluding hydrogens is 312 g/mol. The number of carbonyl (C=O) groups is 1. The fraction of sp³-hybridized carbons (Fsp3) is 0.381. The van der Waals surface area contributed by atoms with E-state index in [1.54, 1.807) is 7.11 Å². The molecule has 0 radical (unpaired) electrons. The maximum atomic E-state index is 12.3. The van der Waals surface area contributed by atoms with E-state index in [1.165, 1.54) is 5.56 Å². The van der Waals surface area contributed by atoms with Crippen LogP contribution in [0.3, 0.4) is 0 Å². The van der Waals surface area contributed by atoms with Gasteiger partial charge in [0.15, 0.2) is 0 Å². The minimum absolute atomic E-state index is 0.0374. The Morgan fingerprint density at radius 2 is 1.80 bits per heavy atom. The van der Waals surface area contributed by atoms with Crippen LogP contribution in [0, 0.1) is 6.92 Å². The molecule has 0 aliphatic heterocycles. The third-order valence-corrected chi connectivity index (χ3v) is 4.03. The molecule has 134 valence electrons. The first-order chi connectivity index (χ1) is 11.8. The van der Waals surface area contributed by atoms with Crippen LogP contribution in [-0.4, -0.2) is 19.6 Å². The number of benzene rings is 2. The molecular formula is C21H28N2O2. The predicted molar refractivity (Wildman–Crippen MR) is 105 cm³/mol. The number of methoxy groups -OCH3 is 1. The van der Waals surface area contributed by atoms with Gasteiger partial charge in [-0.2, -0.15) is 0 Å². The molecule has 2 aromatic carbocycles. The number of ether oxygens (including phenoxy) is 1. The van der Waals surface area contributed by atoms with Gasteiger partial charge >= 0.3 is 0 Å². The highest BCUT2D eigenvalue weighted by molar-refractivity contribution is 5.92. The highest BCUT2D eigenvalue weighted by Crippen LogP contribution is 2.29. The minimum atomic E-state index is -0.0374. The van der Waals surface area contributed by atoms with E-state index in [0.29, 0.717) is 24.4 Å². The molecule has 0 atom stereocenters. The Labute approximate surface area is 150 Å². The van der Waals surface area contributed by atoms with Crippen LogP contribution in [0.4, 0.5) is 11.4 Å². The third kappa shape index (κ3) is 5.24. The van der Waals surface area contributed by atoms with Crippen molar-refractivity contribution in [2.75, 3.05) is 24.3 Å². The lowest BCUT2D eigenvalue weighted by atomic mass is 9.86. The van der Waals surface area contributed by atoms with Gasteiger partial charge in [0.05, 0.1) is 12.8 Å². The number of hydrogen-bond donors (Lipinski definition) is 2. The Morgan fingerprint density at radius 3 is 2.48 bits per heavy atom. The van der Waals surface area contributed by atoms with Crippen molar-refractivity contribution in [2.45, 2.75) is 39.5 Å². The number of nitrogens with one attached hydrogen (secondary N) is 2. The van der Waals surface area contributed by atoms with Gasteiger partial charge in [-0.3, -0.25) is 4.79 Å². The van der Waals surface area contributed by atoms with Gasteiger partial charge in [-0.15, -0.1) is 0 Å². The van der Waals surface area contributed by atoms with Crippen LogP contribution < -0.4 is 15.4 Å². The largest absolute Gasteiger partial charge is 0.495 e. The van der Waals surface area contributed by atoms with Crippen LogP contribution in [0.15, 0.2) is 42.5 Å². The summed E-state index contributed by atoms with van der Waals surface area (Å²) < 4.78 is 5.30. The normalized spacial score (nSPS) is 11.1. The summed E-state index contributed by atoms with van der Waals surface area (Å²) in [6, 6.07) is 14.0. The molecule has 0 fully saturated rings. The molecule has 0 aliphatic rings. The Morgan fingerprint density at radius 1 is 1.08 bits per heavy atom. The zero-order valence-corrected chi connectivity index (χ0v) is 15.8. The molecule has 25 heavy (non-hydrogen) atoms. The number of rotatable bonds is 6. The topological polar surface area (TPSA) is 50.4 Å². The number of hydrogen-bond acceptors (Lipinski definition) is 3. The summed E-state index contributed by atoms with van der Waals surface area (Å²) in [5, 5.41) is 6.31. The molecule has 0 unspecified atom stereocenters. The molecule has 2 rings (SSSR count). The van der Waals surface area contributed by atoms with Crippen molar-refractivity contribution in [3.63, 3.8) is 0 Å². The van der Waals surface area contributed by atoms with Gasteiger partial charge in [-0.05, 0) is 41.7 Å². The van der Waals surface area contributed by atoms with Gasteiger partial charge in [-0.1, -0.05) is 45.0 Å². The molecule has 2 aromatic rings. The Balaban J connectivity index is 1.95. The van der Waals surface area contributed by atoms with Crippen molar-refractivity contribution in [3.05, 3.63) is 53.6 Å². The second kappa shape index (κ2) is 8.06. The summed E-state index contributed by atoms with van der Waals surface area (Å²) in [5.74, 6) is 0.634. The number of anilines is 2. The molecule has 2 N–H and O–H groups in total. The fourth-order valence-electron chi connectivity index (χ4n) is 2.73. The Kier molecular flexibility index (Phi) is 6.07. The molecule has 0 bridgehead atoms. The van der Waals surface area contributed by atoms with Gasteiger partial charge in [0.2, 0.25) is 5.91 Å². The fourth-order valence-corrected chi connectivity index (χ4v) is 2.73. The monoisotopic (exact) mass is 340 g/mol. The first kappa shape index (κ1) is 18.8. The first-order valence-electron chi connectivity index (χ1n) is 8.59. The van der Waals surface area contributed by atoms with Gasteiger partial charge in [-0.25, -0.2) is 0 Å².